The lowest BCUT2D eigenvalue weighted by molar-refractivity contribution is -0.142. The largest absolute Gasteiger partial charge is 0.481 e. The molecule has 1 amide bonds. The smallest absolute Gasteiger partial charge is 0.308 e. The van der Waals surface area contributed by atoms with E-state index in [4.69, 9.17) is 0 Å². The minimum atomic E-state index is -3.29. The first-order valence-electron chi connectivity index (χ1n) is 9.36. The van der Waals surface area contributed by atoms with E-state index in [2.05, 4.69) is 0 Å². The number of nitrogens with zero attached hydrogens (tertiary/aromatic N) is 2. The number of amides is 1. The van der Waals surface area contributed by atoms with Crippen LogP contribution in [0.2, 0.25) is 0 Å². The van der Waals surface area contributed by atoms with Crippen molar-refractivity contribution in [2.45, 2.75) is 31.6 Å². The van der Waals surface area contributed by atoms with Crippen LogP contribution >= 0.6 is 0 Å². The van der Waals surface area contributed by atoms with E-state index < -0.39 is 27.3 Å². The van der Waals surface area contributed by atoms with Gasteiger partial charge in [-0.3, -0.25) is 9.59 Å². The highest BCUT2D eigenvalue weighted by Gasteiger charge is 2.48. The van der Waals surface area contributed by atoms with Gasteiger partial charge >= 0.3 is 5.97 Å². The number of sulfonamides is 1. The predicted molar refractivity (Wildman–Crippen MR) is 101 cm³/mol. The minimum Gasteiger partial charge on any atom is -0.481 e. The molecular formula is C19H26N2O5S. The summed E-state index contributed by atoms with van der Waals surface area (Å²) >= 11 is 0. The molecule has 7 nitrogen and oxygen atoms in total. The maximum Gasteiger partial charge on any atom is 0.308 e. The lowest BCUT2D eigenvalue weighted by Crippen LogP contribution is -2.53. The first-order chi connectivity index (χ1) is 12.8. The molecule has 0 aliphatic carbocycles. The normalized spacial score (nSPS) is 23.3. The number of likely N-dealkylation sites (tertiary alicyclic amines) is 1. The Balaban J connectivity index is 1.87. The van der Waals surface area contributed by atoms with Crippen molar-refractivity contribution in [1.82, 2.24) is 9.21 Å². The monoisotopic (exact) mass is 394 g/mol. The van der Waals surface area contributed by atoms with Crippen molar-refractivity contribution in [3.8, 4) is 0 Å². The molecule has 3 rings (SSSR count). The van der Waals surface area contributed by atoms with Crippen LogP contribution < -0.4 is 0 Å². The molecule has 148 valence electrons. The van der Waals surface area contributed by atoms with Gasteiger partial charge in [0.05, 0.1) is 17.1 Å². The van der Waals surface area contributed by atoms with Crippen molar-refractivity contribution in [3.63, 3.8) is 0 Å². The summed E-state index contributed by atoms with van der Waals surface area (Å²) in [6.45, 7) is 2.87. The maximum atomic E-state index is 13.5. The first-order valence-corrected chi connectivity index (χ1v) is 11.0. The lowest BCUT2D eigenvalue weighted by atomic mass is 9.72. The summed E-state index contributed by atoms with van der Waals surface area (Å²) in [7, 11) is -3.29. The van der Waals surface area contributed by atoms with Gasteiger partial charge in [0, 0.05) is 26.2 Å². The van der Waals surface area contributed by atoms with Crippen LogP contribution in [0.5, 0.6) is 0 Å². The summed E-state index contributed by atoms with van der Waals surface area (Å²) in [4.78, 5) is 26.4. The number of aliphatic carboxylic acids is 1. The molecule has 2 aliphatic heterocycles. The molecule has 0 radical (unpaired) electrons. The van der Waals surface area contributed by atoms with E-state index in [-0.39, 0.29) is 18.2 Å². The maximum absolute atomic E-state index is 13.5. The van der Waals surface area contributed by atoms with Gasteiger partial charge in [-0.2, -0.15) is 0 Å². The molecule has 1 atom stereocenters. The fourth-order valence-corrected chi connectivity index (χ4v) is 5.26. The Morgan fingerprint density at radius 3 is 2.30 bits per heavy atom. The molecule has 0 spiro atoms. The average molecular weight is 394 g/mol. The van der Waals surface area contributed by atoms with Gasteiger partial charge in [0.25, 0.3) is 0 Å². The van der Waals surface area contributed by atoms with E-state index in [1.807, 2.05) is 30.3 Å². The van der Waals surface area contributed by atoms with Gasteiger partial charge in [-0.15, -0.1) is 0 Å². The Kier molecular flexibility index (Phi) is 5.58. The molecule has 0 bridgehead atoms. The molecule has 0 aromatic heterocycles. The Morgan fingerprint density at radius 2 is 1.78 bits per heavy atom. The van der Waals surface area contributed by atoms with E-state index in [1.54, 1.807) is 11.8 Å². The highest BCUT2D eigenvalue weighted by atomic mass is 32.2. The van der Waals surface area contributed by atoms with E-state index >= 15 is 0 Å². The fourth-order valence-electron chi connectivity index (χ4n) is 4.16. The van der Waals surface area contributed by atoms with Gasteiger partial charge in [-0.25, -0.2) is 12.7 Å². The van der Waals surface area contributed by atoms with Crippen molar-refractivity contribution in [2.75, 3.05) is 31.9 Å². The van der Waals surface area contributed by atoms with E-state index in [0.29, 0.717) is 38.9 Å². The quantitative estimate of drug-likeness (QED) is 0.812. The second kappa shape index (κ2) is 7.59. The van der Waals surface area contributed by atoms with Crippen molar-refractivity contribution in [3.05, 3.63) is 35.9 Å². The molecule has 1 unspecified atom stereocenters. The van der Waals surface area contributed by atoms with Crippen LogP contribution in [0.15, 0.2) is 30.3 Å². The Hall–Kier alpha value is -1.93. The molecule has 8 heteroatoms. The van der Waals surface area contributed by atoms with Crippen LogP contribution in [-0.2, 0) is 25.0 Å². The molecule has 1 aromatic carbocycles. The standard InChI is InChI=1S/C19H26N2O5S/c1-2-27(25,26)21-12-9-19(10-13-21,16-6-4-3-5-7-16)18(24)20-11-8-15(14-20)17(22)23/h3-7,15H,2,8-14H2,1H3,(H,22,23). The Morgan fingerprint density at radius 1 is 1.15 bits per heavy atom. The van der Waals surface area contributed by atoms with Crippen LogP contribution in [0.3, 0.4) is 0 Å². The molecular weight excluding hydrogens is 368 g/mol. The highest BCUT2D eigenvalue weighted by molar-refractivity contribution is 7.89. The zero-order valence-electron chi connectivity index (χ0n) is 15.5. The summed E-state index contributed by atoms with van der Waals surface area (Å²) in [6.07, 6.45) is 1.27. The third-order valence-electron chi connectivity index (χ3n) is 5.89. The molecule has 2 saturated heterocycles. The van der Waals surface area contributed by atoms with Gasteiger partial charge < -0.3 is 10.0 Å². The van der Waals surface area contributed by atoms with Gasteiger partial charge in [-0.1, -0.05) is 30.3 Å². The topological polar surface area (TPSA) is 95.0 Å². The van der Waals surface area contributed by atoms with Gasteiger partial charge in [0.2, 0.25) is 15.9 Å². The molecule has 1 aromatic rings. The first kappa shape index (κ1) is 19.8. The number of carboxylic acids is 1. The number of hydrogen-bond acceptors (Lipinski definition) is 4. The lowest BCUT2D eigenvalue weighted by Gasteiger charge is -2.42. The number of carboxylic acid groups (broad SMARTS) is 1. The molecule has 2 aliphatic rings. The van der Waals surface area contributed by atoms with Crippen LogP contribution in [0.4, 0.5) is 0 Å². The summed E-state index contributed by atoms with van der Waals surface area (Å²) in [5.74, 6) is -1.43. The third-order valence-corrected chi connectivity index (χ3v) is 7.78. The molecule has 27 heavy (non-hydrogen) atoms. The van der Waals surface area contributed by atoms with E-state index in [0.717, 1.165) is 5.56 Å². The average Bonchev–Trinajstić information content (AvgIpc) is 3.18. The molecule has 2 heterocycles. The predicted octanol–water partition coefficient (Wildman–Crippen LogP) is 1.30. The van der Waals surface area contributed by atoms with Crippen LogP contribution in [-0.4, -0.2) is 66.5 Å². The van der Waals surface area contributed by atoms with Crippen molar-refractivity contribution in [2.24, 2.45) is 5.92 Å². The van der Waals surface area contributed by atoms with Gasteiger partial charge in [0.15, 0.2) is 0 Å². The van der Waals surface area contributed by atoms with Crippen LogP contribution in [0, 0.1) is 5.92 Å². The molecule has 0 saturated carbocycles. The number of hydrogen-bond donors (Lipinski definition) is 1. The zero-order valence-corrected chi connectivity index (χ0v) is 16.3. The number of carbonyl (C=O) groups is 2. The SMILES string of the molecule is CCS(=O)(=O)N1CCC(C(=O)N2CCC(C(=O)O)C2)(c2ccccc2)CC1. The second-order valence-corrected chi connectivity index (χ2v) is 9.58. The summed E-state index contributed by atoms with van der Waals surface area (Å²) < 4.78 is 25.9. The number of carbonyl (C=O) groups excluding carboxylic acids is 1. The van der Waals surface area contributed by atoms with Crippen molar-refractivity contribution >= 4 is 21.9 Å². The summed E-state index contributed by atoms with van der Waals surface area (Å²) in [5.41, 5.74) is 0.0799. The van der Waals surface area contributed by atoms with Gasteiger partial charge in [-0.05, 0) is 31.7 Å². The number of piperidine rings is 1. The fraction of sp³-hybridized carbons (Fsp3) is 0.579. The van der Waals surface area contributed by atoms with Gasteiger partial charge in [0.1, 0.15) is 0 Å². The second-order valence-electron chi connectivity index (χ2n) is 7.32. The number of benzene rings is 1. The van der Waals surface area contributed by atoms with Crippen LogP contribution in [0.25, 0.3) is 0 Å². The van der Waals surface area contributed by atoms with E-state index in [1.165, 1.54) is 4.31 Å². The highest BCUT2D eigenvalue weighted by Crippen LogP contribution is 2.39. The summed E-state index contributed by atoms with van der Waals surface area (Å²) in [5, 5.41) is 9.24. The van der Waals surface area contributed by atoms with Crippen molar-refractivity contribution < 1.29 is 23.1 Å². The third kappa shape index (κ3) is 3.73. The summed E-state index contributed by atoms with van der Waals surface area (Å²) in [6, 6.07) is 9.46. The Bertz CT molecular complexity index is 801. The van der Waals surface area contributed by atoms with E-state index in [9.17, 15) is 23.1 Å². The van der Waals surface area contributed by atoms with Crippen LogP contribution in [0.1, 0.15) is 31.7 Å². The minimum absolute atomic E-state index is 0.0473. The van der Waals surface area contributed by atoms with Crippen molar-refractivity contribution in [1.29, 1.82) is 0 Å². The zero-order chi connectivity index (χ0) is 19.7. The number of rotatable bonds is 5. The molecule has 1 N–H and O–H groups in total. The molecule has 2 fully saturated rings. The Labute approximate surface area is 160 Å².